The number of aromatic amines is 1. The Balaban J connectivity index is 1.90. The zero-order valence-electron chi connectivity index (χ0n) is 12.0. The van der Waals surface area contributed by atoms with Gasteiger partial charge in [-0.25, -0.2) is 0 Å². The standard InChI is InChI=1S/C15H27N3/c1-12(2)8-15(6-4-5-7-15)11-16-13(3)14-9-17-18-10-14/h9-10,12-13,16H,4-8,11H2,1-3H3,(H,17,18). The van der Waals surface area contributed by atoms with Gasteiger partial charge in [0.1, 0.15) is 0 Å². The third-order valence-electron chi connectivity index (χ3n) is 4.31. The molecule has 0 amide bonds. The largest absolute Gasteiger partial charge is 0.310 e. The first-order valence-electron chi connectivity index (χ1n) is 7.33. The Morgan fingerprint density at radius 2 is 2.06 bits per heavy atom. The van der Waals surface area contributed by atoms with E-state index in [2.05, 4.69) is 36.3 Å². The Morgan fingerprint density at radius 1 is 1.33 bits per heavy atom. The molecule has 1 atom stereocenters. The number of nitrogens with one attached hydrogen (secondary N) is 2. The Labute approximate surface area is 111 Å². The van der Waals surface area contributed by atoms with E-state index in [1.807, 2.05) is 12.4 Å². The molecule has 1 heterocycles. The van der Waals surface area contributed by atoms with Gasteiger partial charge in [-0.2, -0.15) is 5.10 Å². The molecule has 2 N–H and O–H groups in total. The van der Waals surface area contributed by atoms with Gasteiger partial charge in [-0.15, -0.1) is 0 Å². The van der Waals surface area contributed by atoms with Crippen LogP contribution < -0.4 is 5.32 Å². The highest BCUT2D eigenvalue weighted by molar-refractivity contribution is 5.08. The lowest BCUT2D eigenvalue weighted by molar-refractivity contribution is 0.217. The SMILES string of the molecule is CC(C)CC1(CNC(C)c2cn[nH]c2)CCCC1. The fraction of sp³-hybridized carbons (Fsp3) is 0.800. The monoisotopic (exact) mass is 249 g/mol. The summed E-state index contributed by atoms with van der Waals surface area (Å²) in [7, 11) is 0. The molecule has 1 saturated carbocycles. The molecule has 2 rings (SSSR count). The van der Waals surface area contributed by atoms with Gasteiger partial charge >= 0.3 is 0 Å². The predicted molar refractivity (Wildman–Crippen MR) is 75.4 cm³/mol. The van der Waals surface area contributed by atoms with Crippen LogP contribution in [0.4, 0.5) is 0 Å². The number of H-pyrrole nitrogens is 1. The average Bonchev–Trinajstić information content (AvgIpc) is 2.96. The average molecular weight is 249 g/mol. The van der Waals surface area contributed by atoms with E-state index in [4.69, 9.17) is 0 Å². The van der Waals surface area contributed by atoms with E-state index in [1.165, 1.54) is 37.7 Å². The molecule has 1 aliphatic carbocycles. The van der Waals surface area contributed by atoms with Crippen molar-refractivity contribution >= 4 is 0 Å². The van der Waals surface area contributed by atoms with Crippen LogP contribution in [0.1, 0.15) is 64.5 Å². The molecule has 0 aromatic carbocycles. The third-order valence-corrected chi connectivity index (χ3v) is 4.31. The molecule has 1 aromatic heterocycles. The van der Waals surface area contributed by atoms with Crippen molar-refractivity contribution in [2.24, 2.45) is 11.3 Å². The second-order valence-corrected chi connectivity index (χ2v) is 6.44. The highest BCUT2D eigenvalue weighted by atomic mass is 15.1. The van der Waals surface area contributed by atoms with E-state index in [9.17, 15) is 0 Å². The number of hydrogen-bond donors (Lipinski definition) is 2. The van der Waals surface area contributed by atoms with E-state index in [0.717, 1.165) is 12.5 Å². The Kier molecular flexibility index (Phi) is 4.44. The molecule has 102 valence electrons. The smallest absolute Gasteiger partial charge is 0.0534 e. The van der Waals surface area contributed by atoms with Crippen molar-refractivity contribution in [1.29, 1.82) is 0 Å². The first-order valence-corrected chi connectivity index (χ1v) is 7.33. The zero-order valence-corrected chi connectivity index (χ0v) is 12.0. The normalized spacial score (nSPS) is 20.4. The summed E-state index contributed by atoms with van der Waals surface area (Å²) in [6.07, 6.45) is 10.9. The molecule has 1 aliphatic rings. The molecule has 18 heavy (non-hydrogen) atoms. The molecule has 1 aromatic rings. The molecule has 0 spiro atoms. The summed E-state index contributed by atoms with van der Waals surface area (Å²) in [5.41, 5.74) is 1.80. The molecule has 1 unspecified atom stereocenters. The second kappa shape index (κ2) is 5.87. The van der Waals surface area contributed by atoms with Gasteiger partial charge in [-0.1, -0.05) is 26.7 Å². The second-order valence-electron chi connectivity index (χ2n) is 6.44. The maximum Gasteiger partial charge on any atom is 0.0534 e. The lowest BCUT2D eigenvalue weighted by atomic mass is 9.78. The van der Waals surface area contributed by atoms with Crippen molar-refractivity contribution in [1.82, 2.24) is 15.5 Å². The van der Waals surface area contributed by atoms with Crippen molar-refractivity contribution in [3.63, 3.8) is 0 Å². The fourth-order valence-corrected chi connectivity index (χ4v) is 3.43. The van der Waals surface area contributed by atoms with E-state index >= 15 is 0 Å². The first-order chi connectivity index (χ1) is 8.61. The van der Waals surface area contributed by atoms with Gasteiger partial charge in [-0.3, -0.25) is 5.10 Å². The Morgan fingerprint density at radius 3 is 2.61 bits per heavy atom. The first kappa shape index (κ1) is 13.6. The molecule has 3 nitrogen and oxygen atoms in total. The van der Waals surface area contributed by atoms with Gasteiger partial charge in [0.25, 0.3) is 0 Å². The summed E-state index contributed by atoms with van der Waals surface area (Å²) in [4.78, 5) is 0. The van der Waals surface area contributed by atoms with Gasteiger partial charge < -0.3 is 5.32 Å². The van der Waals surface area contributed by atoms with E-state index in [1.54, 1.807) is 0 Å². The van der Waals surface area contributed by atoms with Gasteiger partial charge in [0.15, 0.2) is 0 Å². The minimum atomic E-state index is 0.397. The molecule has 0 aliphatic heterocycles. The van der Waals surface area contributed by atoms with Gasteiger partial charge in [0.2, 0.25) is 0 Å². The highest BCUT2D eigenvalue weighted by Crippen LogP contribution is 2.42. The van der Waals surface area contributed by atoms with Crippen molar-refractivity contribution in [3.8, 4) is 0 Å². The van der Waals surface area contributed by atoms with Gasteiger partial charge in [-0.05, 0) is 37.5 Å². The number of hydrogen-bond acceptors (Lipinski definition) is 2. The van der Waals surface area contributed by atoms with Crippen molar-refractivity contribution in [3.05, 3.63) is 18.0 Å². The molecule has 0 bridgehead atoms. The van der Waals surface area contributed by atoms with Crippen molar-refractivity contribution in [2.45, 2.75) is 58.9 Å². The van der Waals surface area contributed by atoms with Crippen LogP contribution >= 0.6 is 0 Å². The van der Waals surface area contributed by atoms with Gasteiger partial charge in [0, 0.05) is 24.3 Å². The molecule has 0 saturated heterocycles. The Bertz CT molecular complexity index is 337. The summed E-state index contributed by atoms with van der Waals surface area (Å²) < 4.78 is 0. The van der Waals surface area contributed by atoms with Crippen LogP contribution in [0.3, 0.4) is 0 Å². The van der Waals surface area contributed by atoms with Crippen LogP contribution in [0.5, 0.6) is 0 Å². The van der Waals surface area contributed by atoms with Crippen LogP contribution in [0.25, 0.3) is 0 Å². The van der Waals surface area contributed by atoms with Crippen LogP contribution in [-0.4, -0.2) is 16.7 Å². The summed E-state index contributed by atoms with van der Waals surface area (Å²) in [5.74, 6) is 0.800. The maximum atomic E-state index is 4.02. The number of aromatic nitrogens is 2. The van der Waals surface area contributed by atoms with Crippen LogP contribution in [0.2, 0.25) is 0 Å². The summed E-state index contributed by atoms with van der Waals surface area (Å²) in [5, 5.41) is 10.6. The minimum Gasteiger partial charge on any atom is -0.310 e. The fourth-order valence-electron chi connectivity index (χ4n) is 3.43. The van der Waals surface area contributed by atoms with Crippen LogP contribution in [0.15, 0.2) is 12.4 Å². The van der Waals surface area contributed by atoms with E-state index < -0.39 is 0 Å². The van der Waals surface area contributed by atoms with Crippen molar-refractivity contribution in [2.75, 3.05) is 6.54 Å². The molecule has 3 heteroatoms. The van der Waals surface area contributed by atoms with Crippen LogP contribution in [0, 0.1) is 11.3 Å². The van der Waals surface area contributed by atoms with Crippen molar-refractivity contribution < 1.29 is 0 Å². The van der Waals surface area contributed by atoms with Gasteiger partial charge in [0.05, 0.1) is 6.20 Å². The third kappa shape index (κ3) is 3.35. The lowest BCUT2D eigenvalue weighted by Crippen LogP contribution is -2.34. The molecule has 0 radical (unpaired) electrons. The maximum absolute atomic E-state index is 4.02. The summed E-state index contributed by atoms with van der Waals surface area (Å²) >= 11 is 0. The zero-order chi connectivity index (χ0) is 13.0. The summed E-state index contributed by atoms with van der Waals surface area (Å²) in [6.45, 7) is 8.07. The molecule has 1 fully saturated rings. The lowest BCUT2D eigenvalue weighted by Gasteiger charge is -2.32. The Hall–Kier alpha value is -0.830. The molecular formula is C15H27N3. The van der Waals surface area contributed by atoms with E-state index in [0.29, 0.717) is 11.5 Å². The van der Waals surface area contributed by atoms with E-state index in [-0.39, 0.29) is 0 Å². The topological polar surface area (TPSA) is 40.7 Å². The highest BCUT2D eigenvalue weighted by Gasteiger charge is 2.34. The quantitative estimate of drug-likeness (QED) is 0.807. The van der Waals surface area contributed by atoms with Crippen LogP contribution in [-0.2, 0) is 0 Å². The number of rotatable bonds is 6. The number of nitrogens with zero attached hydrogens (tertiary/aromatic N) is 1. The summed E-state index contributed by atoms with van der Waals surface area (Å²) in [6, 6.07) is 0.397. The predicted octanol–water partition coefficient (Wildman–Crippen LogP) is 3.67. The minimum absolute atomic E-state index is 0.397. The molecular weight excluding hydrogens is 222 g/mol.